The van der Waals surface area contributed by atoms with Gasteiger partial charge >= 0.3 is 17.9 Å². The number of nitrogens with zero attached hydrogens (tertiary/aromatic N) is 3. The van der Waals surface area contributed by atoms with Crippen LogP contribution in [0, 0.1) is 41.3 Å². The predicted molar refractivity (Wildman–Crippen MR) is 379 cm³/mol. The third-order valence-electron chi connectivity index (χ3n) is 22.3. The molecule has 12 unspecified atom stereocenters. The van der Waals surface area contributed by atoms with E-state index in [9.17, 15) is 48.5 Å². The van der Waals surface area contributed by atoms with Crippen LogP contribution in [0.15, 0.2) is 139 Å². The van der Waals surface area contributed by atoms with Crippen molar-refractivity contribution in [1.82, 2.24) is 29.7 Å². The predicted octanol–water partition coefficient (Wildman–Crippen LogP) is 17.1. The molecule has 20 heteroatoms. The summed E-state index contributed by atoms with van der Waals surface area (Å²) in [6.45, 7) is 1.33. The molecule has 0 bridgehead atoms. The van der Waals surface area contributed by atoms with E-state index in [1.807, 2.05) is 123 Å². The quantitative estimate of drug-likeness (QED) is 0.0574. The Labute approximate surface area is 581 Å². The molecule has 4 aromatic carbocycles. The Morgan fingerprint density at radius 2 is 1.02 bits per heavy atom. The van der Waals surface area contributed by atoms with E-state index in [2.05, 4.69) is 27.1 Å². The minimum atomic E-state index is -0.824. The smallest absolute Gasteiger partial charge is 0.308 e. The molecular weight excluding hydrogens is 1310 g/mol. The van der Waals surface area contributed by atoms with Crippen LogP contribution in [-0.4, -0.2) is 118 Å². The summed E-state index contributed by atoms with van der Waals surface area (Å²) in [6, 6.07) is 34.7. The fourth-order valence-corrected chi connectivity index (χ4v) is 19.8. The van der Waals surface area contributed by atoms with Crippen molar-refractivity contribution in [2.45, 2.75) is 151 Å². The van der Waals surface area contributed by atoms with E-state index in [1.54, 1.807) is 34.9 Å². The first-order valence-corrected chi connectivity index (χ1v) is 37.1. The van der Waals surface area contributed by atoms with Gasteiger partial charge in [-0.05, 0) is 157 Å². The number of rotatable bonds is 15. The summed E-state index contributed by atoms with van der Waals surface area (Å²) >= 11 is 16.1. The van der Waals surface area contributed by atoms with Crippen LogP contribution in [0.5, 0.6) is 0 Å². The fraction of sp³-hybridized carbons (Fsp3) is 0.429. The number of H-pyrrole nitrogens is 3. The molecule has 6 N–H and O–H groups in total. The van der Waals surface area contributed by atoms with E-state index >= 15 is 0 Å². The minimum absolute atomic E-state index is 0.0432. The lowest BCUT2D eigenvalue weighted by molar-refractivity contribution is -0.153. The van der Waals surface area contributed by atoms with Crippen LogP contribution in [0.2, 0.25) is 10.0 Å². The first kappa shape index (κ1) is 67.8. The number of aliphatic carboxylic acids is 3. The number of benzene rings is 4. The van der Waals surface area contributed by atoms with Gasteiger partial charge in [0, 0.05) is 141 Å². The van der Waals surface area contributed by atoms with Gasteiger partial charge in [-0.15, -0.1) is 22.7 Å². The number of nitrogens with one attached hydrogen (secondary N) is 3. The molecule has 5 aromatic heterocycles. The second kappa shape index (κ2) is 30.1. The van der Waals surface area contributed by atoms with Gasteiger partial charge in [-0.25, -0.2) is 4.39 Å². The number of likely N-dealkylation sites (tertiary alicyclic amines) is 3. The molecule has 3 amide bonds. The molecule has 8 heterocycles. The highest BCUT2D eigenvalue weighted by molar-refractivity contribution is 7.10. The number of amides is 3. The number of hydrogen-bond donors (Lipinski definition) is 6. The Morgan fingerprint density at radius 3 is 1.61 bits per heavy atom. The number of aromatic nitrogens is 3. The molecule has 0 radical (unpaired) electrons. The lowest BCUT2D eigenvalue weighted by atomic mass is 9.71. The van der Waals surface area contributed by atoms with Crippen LogP contribution in [0.1, 0.15) is 165 Å². The molecule has 3 aliphatic carbocycles. The Hall–Kier alpha value is -7.77. The van der Waals surface area contributed by atoms with Crippen molar-refractivity contribution in [2.24, 2.45) is 35.5 Å². The molecule has 15 rings (SSSR count). The molecule has 6 fully saturated rings. The van der Waals surface area contributed by atoms with Crippen molar-refractivity contribution in [1.29, 1.82) is 0 Å². The monoisotopic (exact) mass is 1390 g/mol. The molecule has 508 valence electrons. The number of carboxylic acids is 3. The Morgan fingerprint density at radius 1 is 0.505 bits per heavy atom. The summed E-state index contributed by atoms with van der Waals surface area (Å²) in [7, 11) is 0. The van der Waals surface area contributed by atoms with Crippen molar-refractivity contribution < 1.29 is 48.5 Å². The van der Waals surface area contributed by atoms with Crippen LogP contribution < -0.4 is 0 Å². The SMILES string of the molecule is O=C(O)C1CC2CCCCC2N(C(=O)CC(c2ccccc2)c2c[nH]c3cccc(F)c23)C1.O=C(O)C1CCN(C(=O)CC(c2cccs2)c2c[nH]c3cc(Cl)ccc23)C2CCCCC12.O=C(O)C1CCN(C(=O)CC(c2cccs2)c2c[nH]c3cccc(Cl)c23)C2CCCCC12. The second-order valence-electron chi connectivity index (χ2n) is 27.6. The maximum absolute atomic E-state index is 14.8. The second-order valence-corrected chi connectivity index (χ2v) is 30.4. The molecule has 12 atom stereocenters. The van der Waals surface area contributed by atoms with Gasteiger partial charge < -0.3 is 45.0 Å². The molecular formula is C77H83Cl2FN6O9S2. The number of fused-ring (bicyclic) bond motifs is 6. The van der Waals surface area contributed by atoms with E-state index < -0.39 is 23.8 Å². The van der Waals surface area contributed by atoms with Crippen molar-refractivity contribution in [3.05, 3.63) is 186 Å². The summed E-state index contributed by atoms with van der Waals surface area (Å²) in [5.41, 5.74) is 6.49. The number of carbonyl (C=O) groups excluding carboxylic acids is 3. The number of carboxylic acid groups (broad SMARTS) is 3. The number of carbonyl (C=O) groups is 6. The lowest BCUT2D eigenvalue weighted by Crippen LogP contribution is -2.54. The maximum atomic E-state index is 14.8. The summed E-state index contributed by atoms with van der Waals surface area (Å²) in [5.74, 6) is -3.58. The summed E-state index contributed by atoms with van der Waals surface area (Å²) < 4.78 is 14.8. The van der Waals surface area contributed by atoms with Gasteiger partial charge in [0.25, 0.3) is 0 Å². The van der Waals surface area contributed by atoms with Gasteiger partial charge in [-0.2, -0.15) is 0 Å². The van der Waals surface area contributed by atoms with E-state index in [1.165, 1.54) is 6.07 Å². The highest BCUT2D eigenvalue weighted by Crippen LogP contribution is 2.46. The molecule has 3 aliphatic heterocycles. The zero-order valence-corrected chi connectivity index (χ0v) is 57.3. The Kier molecular flexibility index (Phi) is 21.1. The number of halogens is 3. The van der Waals surface area contributed by atoms with E-state index in [0.717, 1.165) is 131 Å². The molecule has 0 spiro atoms. The Balaban J connectivity index is 0.000000131. The first-order valence-electron chi connectivity index (χ1n) is 34.6. The van der Waals surface area contributed by atoms with Gasteiger partial charge in [0.2, 0.25) is 17.7 Å². The topological polar surface area (TPSA) is 220 Å². The molecule has 15 nitrogen and oxygen atoms in total. The van der Waals surface area contributed by atoms with Crippen LogP contribution in [-0.2, 0) is 28.8 Å². The molecule has 3 saturated heterocycles. The number of thiophene rings is 2. The maximum Gasteiger partial charge on any atom is 0.308 e. The summed E-state index contributed by atoms with van der Waals surface area (Å²) in [6.07, 6.45) is 20.4. The minimum Gasteiger partial charge on any atom is -0.481 e. The number of piperidine rings is 3. The summed E-state index contributed by atoms with van der Waals surface area (Å²) in [5, 5.41) is 37.1. The Bertz CT molecular complexity index is 4270. The third-order valence-corrected chi connectivity index (χ3v) is 24.8. The third kappa shape index (κ3) is 14.4. The fourth-order valence-electron chi connectivity index (χ4n) is 17.7. The van der Waals surface area contributed by atoms with Crippen molar-refractivity contribution in [3.8, 4) is 0 Å². The number of aromatic amines is 3. The molecule has 9 aromatic rings. The molecule has 3 saturated carbocycles. The van der Waals surface area contributed by atoms with Gasteiger partial charge in [0.15, 0.2) is 0 Å². The number of hydrogen-bond acceptors (Lipinski definition) is 8. The van der Waals surface area contributed by atoms with Crippen LogP contribution in [0.3, 0.4) is 0 Å². The van der Waals surface area contributed by atoms with Crippen molar-refractivity contribution >= 4 is 114 Å². The standard InChI is InChI=1S/C27H29FN2O3.2C25H27ClN2O3S/c28-22-10-6-11-23-26(22)21(15-29-23)20(17-7-2-1-3-8-17)14-25(31)30-16-19(27(32)33)13-18-9-4-5-12-24(18)30;26-19-6-3-7-20-24(19)18(14-27-20)17(22-9-4-12-32-22)13-23(29)28-11-10-16(25(30)31)15-5-1-2-8-21(15)28;26-15-7-8-16-20(14-27-21(16)12-15)19(23-6-3-11-32-23)13-24(29)28-10-9-18(25(30)31)17-4-1-2-5-22(17)28/h1-3,6-8,10-11,15,18-20,24,29H,4-5,9,12-14,16H2,(H,32,33);3-4,6-7,9,12,14-17,21,27H,1-2,5,8,10-11,13H2,(H,30,31);3,6-8,11-12,14,17-19,22,27H,1-2,4-5,9-10,13H2,(H,30,31). The zero-order valence-electron chi connectivity index (χ0n) is 54.1. The van der Waals surface area contributed by atoms with E-state index in [0.29, 0.717) is 66.1 Å². The van der Waals surface area contributed by atoms with Gasteiger partial charge in [0.1, 0.15) is 5.82 Å². The highest BCUT2D eigenvalue weighted by Gasteiger charge is 2.47. The highest BCUT2D eigenvalue weighted by atomic mass is 35.5. The van der Waals surface area contributed by atoms with Crippen LogP contribution >= 0.6 is 45.9 Å². The normalized spacial score (nSPS) is 24.1. The molecule has 97 heavy (non-hydrogen) atoms. The van der Waals surface area contributed by atoms with Crippen molar-refractivity contribution in [2.75, 3.05) is 19.6 Å². The van der Waals surface area contributed by atoms with Gasteiger partial charge in [-0.3, -0.25) is 28.8 Å². The van der Waals surface area contributed by atoms with Crippen LogP contribution in [0.4, 0.5) is 4.39 Å². The van der Waals surface area contributed by atoms with Gasteiger partial charge in [0.05, 0.1) is 22.8 Å². The largest absolute Gasteiger partial charge is 0.481 e. The van der Waals surface area contributed by atoms with Crippen LogP contribution in [0.25, 0.3) is 32.7 Å². The van der Waals surface area contributed by atoms with Gasteiger partial charge in [-0.1, -0.05) is 122 Å². The first-order chi connectivity index (χ1) is 47.1. The van der Waals surface area contributed by atoms with E-state index in [-0.39, 0.29) is 102 Å². The van der Waals surface area contributed by atoms with Crippen molar-refractivity contribution in [3.63, 3.8) is 0 Å². The average molecular weight is 1390 g/mol. The zero-order chi connectivity index (χ0) is 67.4. The summed E-state index contributed by atoms with van der Waals surface area (Å²) in [4.78, 5) is 94.5. The van der Waals surface area contributed by atoms with E-state index in [4.69, 9.17) is 23.2 Å². The average Bonchev–Trinajstić information content (AvgIpc) is 1.38. The lowest BCUT2D eigenvalue weighted by Gasteiger charge is -2.47. The molecule has 6 aliphatic rings.